The molecule has 1 aliphatic heterocycles. The van der Waals surface area contributed by atoms with Crippen molar-refractivity contribution in [2.24, 2.45) is 5.92 Å². The van der Waals surface area contributed by atoms with E-state index in [2.05, 4.69) is 4.98 Å². The fourth-order valence-corrected chi connectivity index (χ4v) is 4.66. The van der Waals surface area contributed by atoms with E-state index in [1.54, 1.807) is 0 Å². The standard InChI is InChI=1S/C22H22N2O2S/c1-15(16-7-3-2-4-8-16)22(26)24-13-11-17(12-14-24)20(25)21-23-18-9-5-6-10-19(18)27-21/h2-10,15,17H,11-14H2,1H3/t15-/m0/s1. The highest BCUT2D eigenvalue weighted by Crippen LogP contribution is 2.28. The van der Waals surface area contributed by atoms with Crippen LogP contribution in [-0.4, -0.2) is 34.7 Å². The van der Waals surface area contributed by atoms with Crippen molar-refractivity contribution in [2.45, 2.75) is 25.7 Å². The van der Waals surface area contributed by atoms with Gasteiger partial charge in [-0.3, -0.25) is 9.59 Å². The Labute approximate surface area is 162 Å². The van der Waals surface area contributed by atoms with Crippen molar-refractivity contribution in [1.29, 1.82) is 0 Å². The van der Waals surface area contributed by atoms with Gasteiger partial charge in [0, 0.05) is 19.0 Å². The fourth-order valence-electron chi connectivity index (χ4n) is 3.67. The average molecular weight is 378 g/mol. The summed E-state index contributed by atoms with van der Waals surface area (Å²) in [5.74, 6) is 0.0795. The lowest BCUT2D eigenvalue weighted by Gasteiger charge is -2.32. The Balaban J connectivity index is 1.39. The van der Waals surface area contributed by atoms with Crippen molar-refractivity contribution >= 4 is 33.2 Å². The third-order valence-corrected chi connectivity index (χ3v) is 6.40. The molecule has 4 rings (SSSR count). The molecule has 1 amide bonds. The molecule has 0 bridgehead atoms. The van der Waals surface area contributed by atoms with Gasteiger partial charge >= 0.3 is 0 Å². The highest BCUT2D eigenvalue weighted by molar-refractivity contribution is 7.20. The molecule has 1 aliphatic rings. The van der Waals surface area contributed by atoms with Crippen LogP contribution in [0.4, 0.5) is 0 Å². The molecule has 1 aromatic heterocycles. The van der Waals surface area contributed by atoms with Gasteiger partial charge in [0.2, 0.25) is 5.91 Å². The van der Waals surface area contributed by atoms with Crippen LogP contribution in [0.3, 0.4) is 0 Å². The molecule has 1 atom stereocenters. The number of aromatic nitrogens is 1. The molecule has 138 valence electrons. The molecule has 1 saturated heterocycles. The lowest BCUT2D eigenvalue weighted by atomic mass is 9.91. The summed E-state index contributed by atoms with van der Waals surface area (Å²) >= 11 is 1.47. The molecule has 27 heavy (non-hydrogen) atoms. The van der Waals surface area contributed by atoms with Crippen LogP contribution in [0.2, 0.25) is 0 Å². The van der Waals surface area contributed by atoms with E-state index < -0.39 is 0 Å². The number of hydrogen-bond donors (Lipinski definition) is 0. The van der Waals surface area contributed by atoms with Gasteiger partial charge in [-0.15, -0.1) is 11.3 Å². The van der Waals surface area contributed by atoms with Crippen LogP contribution in [-0.2, 0) is 4.79 Å². The number of Topliss-reactive ketones (excluding diaryl/α,β-unsaturated/α-hetero) is 1. The molecule has 1 fully saturated rings. The Bertz CT molecular complexity index is 926. The second-order valence-corrected chi connectivity index (χ2v) is 8.11. The van der Waals surface area contributed by atoms with Crippen molar-refractivity contribution in [3.8, 4) is 0 Å². The maximum atomic E-state index is 12.8. The average Bonchev–Trinajstić information content (AvgIpc) is 3.17. The van der Waals surface area contributed by atoms with Crippen LogP contribution in [0.5, 0.6) is 0 Å². The Morgan fingerprint density at radius 2 is 1.70 bits per heavy atom. The van der Waals surface area contributed by atoms with Gasteiger partial charge in [0.15, 0.2) is 10.8 Å². The second kappa shape index (κ2) is 7.61. The Morgan fingerprint density at radius 3 is 2.41 bits per heavy atom. The summed E-state index contributed by atoms with van der Waals surface area (Å²) in [6.45, 7) is 3.23. The molecule has 0 N–H and O–H groups in total. The summed E-state index contributed by atoms with van der Waals surface area (Å²) in [7, 11) is 0. The maximum absolute atomic E-state index is 12.8. The monoisotopic (exact) mass is 378 g/mol. The van der Waals surface area contributed by atoms with Crippen LogP contribution in [0.1, 0.15) is 41.0 Å². The van der Waals surface area contributed by atoms with Crippen LogP contribution in [0, 0.1) is 5.92 Å². The van der Waals surface area contributed by atoms with Crippen molar-refractivity contribution in [2.75, 3.05) is 13.1 Å². The summed E-state index contributed by atoms with van der Waals surface area (Å²) < 4.78 is 1.05. The zero-order valence-electron chi connectivity index (χ0n) is 15.3. The molecule has 0 aliphatic carbocycles. The van der Waals surface area contributed by atoms with Gasteiger partial charge in [0.25, 0.3) is 0 Å². The number of carbonyl (C=O) groups excluding carboxylic acids is 2. The van der Waals surface area contributed by atoms with Crippen LogP contribution in [0.15, 0.2) is 54.6 Å². The number of benzene rings is 2. The van der Waals surface area contributed by atoms with Gasteiger partial charge in [0.1, 0.15) is 0 Å². The quantitative estimate of drug-likeness (QED) is 0.627. The normalized spacial score (nSPS) is 16.4. The summed E-state index contributed by atoms with van der Waals surface area (Å²) in [4.78, 5) is 32.0. The van der Waals surface area contributed by atoms with Crippen LogP contribution >= 0.6 is 11.3 Å². The molecule has 4 nitrogen and oxygen atoms in total. The van der Waals surface area contributed by atoms with Crippen molar-refractivity contribution in [1.82, 2.24) is 9.88 Å². The number of rotatable bonds is 4. The smallest absolute Gasteiger partial charge is 0.229 e. The number of nitrogens with zero attached hydrogens (tertiary/aromatic N) is 2. The van der Waals surface area contributed by atoms with Crippen molar-refractivity contribution in [3.05, 3.63) is 65.2 Å². The molecule has 3 aromatic rings. The Morgan fingerprint density at radius 1 is 1.04 bits per heavy atom. The minimum absolute atomic E-state index is 0.0401. The number of thiazole rings is 1. The summed E-state index contributed by atoms with van der Waals surface area (Å²) in [5.41, 5.74) is 1.92. The molecular formula is C22H22N2O2S. The number of amides is 1. The van der Waals surface area contributed by atoms with Gasteiger partial charge in [0.05, 0.1) is 16.1 Å². The zero-order valence-corrected chi connectivity index (χ0v) is 16.1. The SMILES string of the molecule is C[C@H](C(=O)N1CCC(C(=O)c2nc3ccccc3s2)CC1)c1ccccc1. The van der Waals surface area contributed by atoms with Crippen molar-refractivity contribution in [3.63, 3.8) is 0 Å². The largest absolute Gasteiger partial charge is 0.342 e. The Hall–Kier alpha value is -2.53. The van der Waals surface area contributed by atoms with E-state index in [1.165, 1.54) is 11.3 Å². The lowest BCUT2D eigenvalue weighted by Crippen LogP contribution is -2.42. The van der Waals surface area contributed by atoms with E-state index in [1.807, 2.05) is 66.4 Å². The molecule has 0 unspecified atom stereocenters. The highest BCUT2D eigenvalue weighted by Gasteiger charge is 2.31. The minimum Gasteiger partial charge on any atom is -0.342 e. The highest BCUT2D eigenvalue weighted by atomic mass is 32.1. The lowest BCUT2D eigenvalue weighted by molar-refractivity contribution is -0.133. The molecule has 0 saturated carbocycles. The number of likely N-dealkylation sites (tertiary alicyclic amines) is 1. The number of ketones is 1. The number of carbonyl (C=O) groups is 2. The number of para-hydroxylation sites is 1. The van der Waals surface area contributed by atoms with E-state index in [0.717, 1.165) is 15.8 Å². The first-order chi connectivity index (χ1) is 13.1. The van der Waals surface area contributed by atoms with Crippen molar-refractivity contribution < 1.29 is 9.59 Å². The number of piperidine rings is 1. The molecule has 2 heterocycles. The fraction of sp³-hybridized carbons (Fsp3) is 0.318. The third kappa shape index (κ3) is 3.65. The predicted molar refractivity (Wildman–Crippen MR) is 108 cm³/mol. The Kier molecular flexibility index (Phi) is 5.03. The number of hydrogen-bond acceptors (Lipinski definition) is 4. The van der Waals surface area contributed by atoms with E-state index in [-0.39, 0.29) is 23.5 Å². The van der Waals surface area contributed by atoms with Gasteiger partial charge in [-0.2, -0.15) is 0 Å². The van der Waals surface area contributed by atoms with Gasteiger partial charge < -0.3 is 4.90 Å². The van der Waals surface area contributed by atoms with Crippen LogP contribution in [0.25, 0.3) is 10.2 Å². The first-order valence-electron chi connectivity index (χ1n) is 9.37. The summed E-state index contributed by atoms with van der Waals surface area (Å²) in [6.07, 6.45) is 1.42. The minimum atomic E-state index is -0.150. The molecule has 5 heteroatoms. The van der Waals surface area contributed by atoms with E-state index in [9.17, 15) is 9.59 Å². The second-order valence-electron chi connectivity index (χ2n) is 7.08. The van der Waals surface area contributed by atoms with E-state index in [0.29, 0.717) is 30.9 Å². The summed E-state index contributed by atoms with van der Waals surface area (Å²) in [6, 6.07) is 17.7. The molecule has 0 spiro atoms. The predicted octanol–water partition coefficient (Wildman–Crippen LogP) is 4.52. The first-order valence-corrected chi connectivity index (χ1v) is 10.2. The maximum Gasteiger partial charge on any atom is 0.229 e. The molecule has 2 aromatic carbocycles. The molecule has 0 radical (unpaired) electrons. The van der Waals surface area contributed by atoms with Gasteiger partial charge in [-0.25, -0.2) is 4.98 Å². The zero-order chi connectivity index (χ0) is 18.8. The molecular weight excluding hydrogens is 356 g/mol. The van der Waals surface area contributed by atoms with E-state index in [4.69, 9.17) is 0 Å². The summed E-state index contributed by atoms with van der Waals surface area (Å²) in [5, 5.41) is 0.596. The first kappa shape index (κ1) is 17.9. The van der Waals surface area contributed by atoms with Crippen LogP contribution < -0.4 is 0 Å². The van der Waals surface area contributed by atoms with Gasteiger partial charge in [-0.1, -0.05) is 42.5 Å². The number of fused-ring (bicyclic) bond motifs is 1. The third-order valence-electron chi connectivity index (χ3n) is 5.35. The van der Waals surface area contributed by atoms with Gasteiger partial charge in [-0.05, 0) is 37.5 Å². The topological polar surface area (TPSA) is 50.3 Å². The van der Waals surface area contributed by atoms with E-state index >= 15 is 0 Å².